The van der Waals surface area contributed by atoms with Crippen LogP contribution < -0.4 is 4.74 Å². The van der Waals surface area contributed by atoms with Gasteiger partial charge in [-0.2, -0.15) is 0 Å². The van der Waals surface area contributed by atoms with E-state index in [1.807, 2.05) is 24.1 Å². The summed E-state index contributed by atoms with van der Waals surface area (Å²) >= 11 is 0. The van der Waals surface area contributed by atoms with Gasteiger partial charge in [0.2, 0.25) is 11.8 Å². The van der Waals surface area contributed by atoms with Crippen molar-refractivity contribution in [3.8, 4) is 5.75 Å². The van der Waals surface area contributed by atoms with Crippen LogP contribution in [0.2, 0.25) is 0 Å². The number of carbonyl (C=O) groups is 2. The van der Waals surface area contributed by atoms with Gasteiger partial charge in [0.05, 0.1) is 7.11 Å². The number of likely N-dealkylation sites (N-methyl/N-ethyl adjacent to an activating group) is 1. The zero-order valence-electron chi connectivity index (χ0n) is 19.0. The van der Waals surface area contributed by atoms with Gasteiger partial charge in [-0.05, 0) is 75.0 Å². The maximum absolute atomic E-state index is 12.9. The Morgan fingerprint density at radius 3 is 2.52 bits per heavy atom. The van der Waals surface area contributed by atoms with Crippen molar-refractivity contribution in [2.45, 2.75) is 57.4 Å². The van der Waals surface area contributed by atoms with E-state index in [2.05, 4.69) is 29.2 Å². The molecule has 0 radical (unpaired) electrons. The topological polar surface area (TPSA) is 49.9 Å². The molecule has 2 amide bonds. The Morgan fingerprint density at radius 2 is 1.87 bits per heavy atom. The van der Waals surface area contributed by atoms with Gasteiger partial charge >= 0.3 is 0 Å². The Bertz CT molecular complexity index is 809. The van der Waals surface area contributed by atoms with E-state index in [0.29, 0.717) is 17.7 Å². The quantitative estimate of drug-likeness (QED) is 0.620. The van der Waals surface area contributed by atoms with Crippen molar-refractivity contribution in [2.24, 2.45) is 17.8 Å². The molecule has 5 nitrogen and oxygen atoms in total. The lowest BCUT2D eigenvalue weighted by molar-refractivity contribution is -0.139. The van der Waals surface area contributed by atoms with Crippen LogP contribution in [0.3, 0.4) is 0 Å². The minimum Gasteiger partial charge on any atom is -0.497 e. The summed E-state index contributed by atoms with van der Waals surface area (Å²) in [6.07, 6.45) is 12.0. The summed E-state index contributed by atoms with van der Waals surface area (Å²) in [6.45, 7) is 1.62. The summed E-state index contributed by atoms with van der Waals surface area (Å²) in [5, 5.41) is 0. The molecule has 168 valence electrons. The molecular formula is C26H36N2O3. The summed E-state index contributed by atoms with van der Waals surface area (Å²) in [4.78, 5) is 30.0. The molecule has 2 atom stereocenters. The summed E-state index contributed by atoms with van der Waals surface area (Å²) in [5.74, 6) is 2.27. The molecule has 0 spiro atoms. The van der Waals surface area contributed by atoms with Gasteiger partial charge < -0.3 is 14.5 Å². The zero-order chi connectivity index (χ0) is 21.8. The number of amides is 2. The summed E-state index contributed by atoms with van der Waals surface area (Å²) in [6, 6.07) is 8.35. The molecule has 0 aromatic heterocycles. The van der Waals surface area contributed by atoms with Gasteiger partial charge in [0.25, 0.3) is 0 Å². The van der Waals surface area contributed by atoms with Crippen LogP contribution in [0.4, 0.5) is 0 Å². The van der Waals surface area contributed by atoms with Crippen molar-refractivity contribution in [2.75, 3.05) is 27.2 Å². The van der Waals surface area contributed by atoms with Crippen LogP contribution >= 0.6 is 0 Å². The smallest absolute Gasteiger partial charge is 0.226 e. The number of likely N-dealkylation sites (tertiary alicyclic amines) is 1. The average Bonchev–Trinajstić information content (AvgIpc) is 3.67. The lowest BCUT2D eigenvalue weighted by Crippen LogP contribution is -2.49. The molecule has 1 saturated heterocycles. The van der Waals surface area contributed by atoms with Crippen LogP contribution in [0.15, 0.2) is 36.4 Å². The maximum atomic E-state index is 12.9. The van der Waals surface area contributed by atoms with E-state index < -0.39 is 0 Å². The number of methoxy groups -OCH3 is 1. The third-order valence-corrected chi connectivity index (χ3v) is 7.36. The first kappa shape index (κ1) is 21.9. The van der Waals surface area contributed by atoms with E-state index in [1.54, 1.807) is 7.11 Å². The third kappa shape index (κ3) is 5.31. The fourth-order valence-electron chi connectivity index (χ4n) is 5.22. The zero-order valence-corrected chi connectivity index (χ0v) is 19.0. The van der Waals surface area contributed by atoms with E-state index in [9.17, 15) is 9.59 Å². The van der Waals surface area contributed by atoms with Crippen LogP contribution in [-0.2, 0) is 16.0 Å². The van der Waals surface area contributed by atoms with Crippen molar-refractivity contribution in [1.29, 1.82) is 0 Å². The first-order valence-corrected chi connectivity index (χ1v) is 11.9. The second-order valence-corrected chi connectivity index (χ2v) is 9.49. The standard InChI is InChI=1S/C26H36N2O3/c1-27(25(29)22-11-12-22)24(18-19-7-6-10-23(17-19)31-2)20-13-15-28(16-14-20)26(30)21-8-4-3-5-9-21/h3-4,6-7,10,17,20-22,24H,5,8-9,11-16,18H2,1-2H3. The van der Waals surface area contributed by atoms with Gasteiger partial charge in [0, 0.05) is 38.0 Å². The molecule has 3 aliphatic rings. The fraction of sp³-hybridized carbons (Fsp3) is 0.615. The van der Waals surface area contributed by atoms with Crippen LogP contribution in [-0.4, -0.2) is 54.9 Å². The van der Waals surface area contributed by atoms with Crippen molar-refractivity contribution in [3.63, 3.8) is 0 Å². The Morgan fingerprint density at radius 1 is 1.10 bits per heavy atom. The Kier molecular flexibility index (Phi) is 6.99. The van der Waals surface area contributed by atoms with Gasteiger partial charge in [-0.15, -0.1) is 0 Å². The highest BCUT2D eigenvalue weighted by Crippen LogP contribution is 2.34. The number of benzene rings is 1. The molecule has 2 aliphatic carbocycles. The van der Waals surface area contributed by atoms with Crippen molar-refractivity contribution < 1.29 is 14.3 Å². The van der Waals surface area contributed by atoms with E-state index >= 15 is 0 Å². The second kappa shape index (κ2) is 9.88. The first-order valence-electron chi connectivity index (χ1n) is 11.9. The SMILES string of the molecule is COc1cccc(CC(C2CCN(C(=O)C3CC=CCC3)CC2)N(C)C(=O)C2CC2)c1. The molecule has 1 aromatic rings. The molecule has 1 heterocycles. The van der Waals surface area contributed by atoms with Gasteiger partial charge in [0.1, 0.15) is 5.75 Å². The molecule has 5 heteroatoms. The molecular weight excluding hydrogens is 388 g/mol. The van der Waals surface area contributed by atoms with Gasteiger partial charge in [-0.1, -0.05) is 24.3 Å². The van der Waals surface area contributed by atoms with E-state index in [4.69, 9.17) is 4.74 Å². The molecule has 2 fully saturated rings. The molecule has 4 rings (SSSR count). The number of rotatable bonds is 7. The minimum absolute atomic E-state index is 0.160. The number of ether oxygens (including phenoxy) is 1. The predicted molar refractivity (Wildman–Crippen MR) is 122 cm³/mol. The number of hydrogen-bond acceptors (Lipinski definition) is 3. The summed E-state index contributed by atoms with van der Waals surface area (Å²) in [5.41, 5.74) is 1.20. The van der Waals surface area contributed by atoms with Crippen LogP contribution in [0.5, 0.6) is 5.75 Å². The monoisotopic (exact) mass is 424 g/mol. The average molecular weight is 425 g/mol. The third-order valence-electron chi connectivity index (χ3n) is 7.36. The predicted octanol–water partition coefficient (Wildman–Crippen LogP) is 4.07. The summed E-state index contributed by atoms with van der Waals surface area (Å²) < 4.78 is 5.41. The van der Waals surface area contributed by atoms with Crippen molar-refractivity contribution in [3.05, 3.63) is 42.0 Å². The first-order chi connectivity index (χ1) is 15.1. The normalized spacial score (nSPS) is 22.8. The number of hydrogen-bond donors (Lipinski definition) is 0. The van der Waals surface area contributed by atoms with Crippen LogP contribution in [0, 0.1) is 17.8 Å². The minimum atomic E-state index is 0.160. The van der Waals surface area contributed by atoms with E-state index in [1.165, 1.54) is 5.56 Å². The van der Waals surface area contributed by atoms with Crippen LogP contribution in [0.1, 0.15) is 50.5 Å². The molecule has 1 aromatic carbocycles. The highest BCUT2D eigenvalue weighted by Gasteiger charge is 2.38. The molecule has 0 bridgehead atoms. The molecule has 1 saturated carbocycles. The Labute approximate surface area is 186 Å². The number of piperidine rings is 1. The second-order valence-electron chi connectivity index (χ2n) is 9.49. The van der Waals surface area contributed by atoms with Gasteiger partial charge in [-0.25, -0.2) is 0 Å². The Balaban J connectivity index is 1.43. The molecule has 0 N–H and O–H groups in total. The highest BCUT2D eigenvalue weighted by atomic mass is 16.5. The van der Waals surface area contributed by atoms with E-state index in [0.717, 1.165) is 70.2 Å². The highest BCUT2D eigenvalue weighted by molar-refractivity contribution is 5.81. The number of allylic oxidation sites excluding steroid dienone is 2. The van der Waals surface area contributed by atoms with Crippen LogP contribution in [0.25, 0.3) is 0 Å². The van der Waals surface area contributed by atoms with Crippen molar-refractivity contribution in [1.82, 2.24) is 9.80 Å². The van der Waals surface area contributed by atoms with Gasteiger partial charge in [0.15, 0.2) is 0 Å². The fourth-order valence-corrected chi connectivity index (χ4v) is 5.22. The largest absolute Gasteiger partial charge is 0.497 e. The van der Waals surface area contributed by atoms with Gasteiger partial charge in [-0.3, -0.25) is 9.59 Å². The molecule has 2 unspecified atom stereocenters. The number of nitrogens with zero attached hydrogens (tertiary/aromatic N) is 2. The number of carbonyl (C=O) groups excluding carboxylic acids is 2. The Hall–Kier alpha value is -2.30. The summed E-state index contributed by atoms with van der Waals surface area (Å²) in [7, 11) is 3.67. The lowest BCUT2D eigenvalue weighted by atomic mass is 9.84. The maximum Gasteiger partial charge on any atom is 0.226 e. The molecule has 1 aliphatic heterocycles. The lowest BCUT2D eigenvalue weighted by Gasteiger charge is -2.41. The van der Waals surface area contributed by atoms with Crippen molar-refractivity contribution >= 4 is 11.8 Å². The van der Waals surface area contributed by atoms with E-state index in [-0.39, 0.29) is 17.9 Å². The molecule has 31 heavy (non-hydrogen) atoms.